The van der Waals surface area contributed by atoms with Crippen LogP contribution in [0.1, 0.15) is 42.9 Å². The largest absolute Gasteiger partial charge is 0.481 e. The van der Waals surface area contributed by atoms with Gasteiger partial charge in [0.1, 0.15) is 6.61 Å². The topological polar surface area (TPSA) is 114 Å². The molecule has 0 aromatic heterocycles. The molecule has 0 heterocycles. The SMILES string of the molecule is CC(C)(C[C@@H](N)Cc1ccc(NCCNC(=O)OCC2c3ccccc3-c3ccccc32)cc1)C(=O)O. The fourth-order valence-corrected chi connectivity index (χ4v) is 4.90. The second-order valence-electron chi connectivity index (χ2n) is 10.2. The number of carbonyl (C=O) groups is 2. The molecule has 7 heteroatoms. The highest BCUT2D eigenvalue weighted by atomic mass is 16.5. The van der Waals surface area contributed by atoms with Crippen LogP contribution < -0.4 is 16.4 Å². The normalized spacial score (nSPS) is 13.4. The summed E-state index contributed by atoms with van der Waals surface area (Å²) < 4.78 is 5.57. The molecule has 1 aliphatic carbocycles. The highest BCUT2D eigenvalue weighted by Crippen LogP contribution is 2.44. The molecular formula is C30H35N3O4. The van der Waals surface area contributed by atoms with Crippen LogP contribution in [0, 0.1) is 5.41 Å². The average Bonchev–Trinajstić information content (AvgIpc) is 3.19. The number of hydrogen-bond acceptors (Lipinski definition) is 5. The maximum Gasteiger partial charge on any atom is 0.407 e. The first-order valence-corrected chi connectivity index (χ1v) is 12.7. The molecule has 0 saturated heterocycles. The number of carboxylic acids is 1. The first-order chi connectivity index (χ1) is 17.7. The second-order valence-corrected chi connectivity index (χ2v) is 10.2. The van der Waals surface area contributed by atoms with Crippen molar-refractivity contribution < 1.29 is 19.4 Å². The second kappa shape index (κ2) is 11.5. The van der Waals surface area contributed by atoms with Gasteiger partial charge in [-0.2, -0.15) is 0 Å². The van der Waals surface area contributed by atoms with Crippen molar-refractivity contribution in [3.63, 3.8) is 0 Å². The Morgan fingerprint density at radius 1 is 0.946 bits per heavy atom. The number of rotatable bonds is 11. The van der Waals surface area contributed by atoms with Gasteiger partial charge in [-0.05, 0) is 66.6 Å². The standard InChI is InChI=1S/C30H35N3O4/c1-30(2,28(34)35)18-21(31)17-20-11-13-22(14-12-20)32-15-16-33-29(36)37-19-27-25-9-5-3-7-23(25)24-8-4-6-10-26(24)27/h3-14,21,27,32H,15-19,31H2,1-2H3,(H,33,36)(H,34,35)/t21-/m0/s1. The van der Waals surface area contributed by atoms with Crippen molar-refractivity contribution in [2.24, 2.45) is 11.1 Å². The van der Waals surface area contributed by atoms with Crippen molar-refractivity contribution in [1.29, 1.82) is 0 Å². The van der Waals surface area contributed by atoms with Crippen LogP contribution in [0.5, 0.6) is 0 Å². The highest BCUT2D eigenvalue weighted by Gasteiger charge is 2.30. The minimum atomic E-state index is -0.846. The van der Waals surface area contributed by atoms with E-state index < -0.39 is 17.5 Å². The number of alkyl carbamates (subject to hydrolysis) is 1. The van der Waals surface area contributed by atoms with Crippen molar-refractivity contribution >= 4 is 17.7 Å². The minimum Gasteiger partial charge on any atom is -0.481 e. The summed E-state index contributed by atoms with van der Waals surface area (Å²) in [5.74, 6) is -0.799. The van der Waals surface area contributed by atoms with Gasteiger partial charge in [0.25, 0.3) is 0 Å². The molecule has 5 N–H and O–H groups in total. The summed E-state index contributed by atoms with van der Waals surface area (Å²) in [6.07, 6.45) is 0.585. The molecule has 7 nitrogen and oxygen atoms in total. The van der Waals surface area contributed by atoms with E-state index in [0.29, 0.717) is 32.5 Å². The molecule has 0 fully saturated rings. The molecule has 1 amide bonds. The van der Waals surface area contributed by atoms with E-state index in [2.05, 4.69) is 34.9 Å². The lowest BCUT2D eigenvalue weighted by molar-refractivity contribution is -0.147. The first-order valence-electron chi connectivity index (χ1n) is 12.7. The molecule has 0 bridgehead atoms. The van der Waals surface area contributed by atoms with Crippen molar-refractivity contribution in [2.45, 2.75) is 38.6 Å². The molecule has 1 atom stereocenters. The van der Waals surface area contributed by atoms with Crippen molar-refractivity contribution in [1.82, 2.24) is 5.32 Å². The van der Waals surface area contributed by atoms with Crippen LogP contribution >= 0.6 is 0 Å². The van der Waals surface area contributed by atoms with Crippen LogP contribution in [-0.4, -0.2) is 42.9 Å². The quantitative estimate of drug-likeness (QED) is 0.275. The zero-order chi connectivity index (χ0) is 26.4. The zero-order valence-electron chi connectivity index (χ0n) is 21.4. The Balaban J connectivity index is 1.18. The molecule has 3 aromatic carbocycles. The lowest BCUT2D eigenvalue weighted by Crippen LogP contribution is -2.34. The Morgan fingerprint density at radius 2 is 1.54 bits per heavy atom. The van der Waals surface area contributed by atoms with Gasteiger partial charge in [-0.25, -0.2) is 4.79 Å². The van der Waals surface area contributed by atoms with E-state index in [0.717, 1.165) is 11.3 Å². The monoisotopic (exact) mass is 501 g/mol. The summed E-state index contributed by atoms with van der Waals surface area (Å²) >= 11 is 0. The molecule has 1 aliphatic rings. The maximum atomic E-state index is 12.3. The van der Waals surface area contributed by atoms with E-state index in [9.17, 15) is 14.7 Å². The fraction of sp³-hybridized carbons (Fsp3) is 0.333. The molecule has 37 heavy (non-hydrogen) atoms. The van der Waals surface area contributed by atoms with Gasteiger partial charge in [0, 0.05) is 30.7 Å². The van der Waals surface area contributed by atoms with Crippen molar-refractivity contribution in [2.75, 3.05) is 25.0 Å². The maximum absolute atomic E-state index is 12.3. The smallest absolute Gasteiger partial charge is 0.407 e. The number of benzene rings is 3. The van der Waals surface area contributed by atoms with E-state index in [1.165, 1.54) is 22.3 Å². The average molecular weight is 502 g/mol. The third-order valence-electron chi connectivity index (χ3n) is 6.87. The van der Waals surface area contributed by atoms with Gasteiger partial charge in [0.15, 0.2) is 0 Å². The Kier molecular flexibility index (Phi) is 8.14. The van der Waals surface area contributed by atoms with Gasteiger partial charge in [-0.3, -0.25) is 4.79 Å². The van der Waals surface area contributed by atoms with Gasteiger partial charge >= 0.3 is 12.1 Å². The van der Waals surface area contributed by atoms with Gasteiger partial charge in [0.2, 0.25) is 0 Å². The molecular weight excluding hydrogens is 466 g/mol. The number of carbonyl (C=O) groups excluding carboxylic acids is 1. The van der Waals surface area contributed by atoms with Gasteiger partial charge in [-0.15, -0.1) is 0 Å². The molecule has 0 unspecified atom stereocenters. The summed E-state index contributed by atoms with van der Waals surface area (Å²) in [5.41, 5.74) is 12.1. The summed E-state index contributed by atoms with van der Waals surface area (Å²) in [7, 11) is 0. The Labute approximate surface area is 218 Å². The van der Waals surface area contributed by atoms with Crippen LogP contribution in [0.25, 0.3) is 11.1 Å². The number of ether oxygens (including phenoxy) is 1. The van der Waals surface area contributed by atoms with Gasteiger partial charge in [-0.1, -0.05) is 60.7 Å². The predicted molar refractivity (Wildman–Crippen MR) is 146 cm³/mol. The van der Waals surface area contributed by atoms with E-state index >= 15 is 0 Å². The third-order valence-corrected chi connectivity index (χ3v) is 6.87. The van der Waals surface area contributed by atoms with Gasteiger partial charge in [0.05, 0.1) is 5.41 Å². The van der Waals surface area contributed by atoms with Crippen LogP contribution in [0.15, 0.2) is 72.8 Å². The number of nitrogens with one attached hydrogen (secondary N) is 2. The molecule has 3 aromatic rings. The summed E-state index contributed by atoms with van der Waals surface area (Å²) in [6, 6.07) is 24.2. The van der Waals surface area contributed by atoms with Crippen LogP contribution in [-0.2, 0) is 16.0 Å². The van der Waals surface area contributed by atoms with Crippen LogP contribution in [0.3, 0.4) is 0 Å². The van der Waals surface area contributed by atoms with E-state index in [4.69, 9.17) is 10.5 Å². The fourth-order valence-electron chi connectivity index (χ4n) is 4.90. The number of hydrogen-bond donors (Lipinski definition) is 4. The Bertz CT molecular complexity index is 1190. The summed E-state index contributed by atoms with van der Waals surface area (Å²) in [6.45, 7) is 4.65. The molecule has 4 rings (SSSR count). The number of fused-ring (bicyclic) bond motifs is 3. The lowest BCUT2D eigenvalue weighted by Gasteiger charge is -2.23. The predicted octanol–water partition coefficient (Wildman–Crippen LogP) is 5.01. The minimum absolute atomic E-state index is 0.0399. The number of carboxylic acid groups (broad SMARTS) is 1. The highest BCUT2D eigenvalue weighted by molar-refractivity contribution is 5.79. The van der Waals surface area contributed by atoms with E-state index in [-0.39, 0.29) is 12.0 Å². The molecule has 0 radical (unpaired) electrons. The number of anilines is 1. The van der Waals surface area contributed by atoms with Crippen LogP contribution in [0.2, 0.25) is 0 Å². The summed E-state index contributed by atoms with van der Waals surface area (Å²) in [5, 5.41) is 15.4. The molecule has 194 valence electrons. The Hall–Kier alpha value is -3.84. The van der Waals surface area contributed by atoms with E-state index in [1.54, 1.807) is 13.8 Å². The van der Waals surface area contributed by atoms with E-state index in [1.807, 2.05) is 48.5 Å². The third kappa shape index (κ3) is 6.49. The first kappa shape index (κ1) is 26.2. The van der Waals surface area contributed by atoms with Gasteiger partial charge < -0.3 is 26.2 Å². The van der Waals surface area contributed by atoms with Crippen molar-refractivity contribution in [3.05, 3.63) is 89.5 Å². The molecule has 0 saturated carbocycles. The lowest BCUT2D eigenvalue weighted by atomic mass is 9.84. The van der Waals surface area contributed by atoms with Crippen LogP contribution in [0.4, 0.5) is 10.5 Å². The summed E-state index contributed by atoms with van der Waals surface area (Å²) in [4.78, 5) is 23.6. The molecule has 0 aliphatic heterocycles. The van der Waals surface area contributed by atoms with Crippen molar-refractivity contribution in [3.8, 4) is 11.1 Å². The number of aliphatic carboxylic acids is 1. The molecule has 0 spiro atoms. The Morgan fingerprint density at radius 3 is 2.14 bits per heavy atom. The number of nitrogens with two attached hydrogens (primary N) is 1. The number of amides is 1. The zero-order valence-corrected chi connectivity index (χ0v) is 21.4.